The first-order chi connectivity index (χ1) is 12.0. The number of benzene rings is 1. The number of piperidine rings is 1. The molecule has 0 bridgehead atoms. The molecule has 1 aliphatic heterocycles. The highest BCUT2D eigenvalue weighted by atomic mass is 32.2. The van der Waals surface area contributed by atoms with Gasteiger partial charge in [0.25, 0.3) is 5.91 Å². The summed E-state index contributed by atoms with van der Waals surface area (Å²) < 4.78 is 27.5. The van der Waals surface area contributed by atoms with Crippen LogP contribution in [0.4, 0.5) is 0 Å². The van der Waals surface area contributed by atoms with Crippen molar-refractivity contribution >= 4 is 15.9 Å². The van der Waals surface area contributed by atoms with E-state index in [0.29, 0.717) is 17.5 Å². The molecule has 2 saturated carbocycles. The zero-order valence-electron chi connectivity index (χ0n) is 14.5. The van der Waals surface area contributed by atoms with Crippen molar-refractivity contribution in [2.45, 2.75) is 68.3 Å². The summed E-state index contributed by atoms with van der Waals surface area (Å²) in [7, 11) is -3.53. The first kappa shape index (κ1) is 17.0. The van der Waals surface area contributed by atoms with Crippen LogP contribution in [0.1, 0.15) is 61.7 Å². The molecule has 1 saturated heterocycles. The van der Waals surface area contributed by atoms with E-state index in [9.17, 15) is 13.2 Å². The Kier molecular flexibility index (Phi) is 4.58. The van der Waals surface area contributed by atoms with Gasteiger partial charge in [0, 0.05) is 24.2 Å². The third-order valence-corrected chi connectivity index (χ3v) is 7.31. The average Bonchev–Trinajstić information content (AvgIpc) is 3.44. The van der Waals surface area contributed by atoms with Crippen LogP contribution in [-0.2, 0) is 10.0 Å². The third kappa shape index (κ3) is 3.60. The van der Waals surface area contributed by atoms with Crippen LogP contribution in [0, 0.1) is 5.92 Å². The molecule has 1 aromatic carbocycles. The summed E-state index contributed by atoms with van der Waals surface area (Å²) in [4.78, 5) is 15.3. The van der Waals surface area contributed by atoms with E-state index in [2.05, 4.69) is 4.72 Å². The second kappa shape index (κ2) is 6.72. The van der Waals surface area contributed by atoms with Crippen LogP contribution < -0.4 is 4.72 Å². The molecule has 0 aromatic heterocycles. The number of carbonyl (C=O) groups excluding carboxylic acids is 1. The highest BCUT2D eigenvalue weighted by Crippen LogP contribution is 2.36. The van der Waals surface area contributed by atoms with Crippen LogP contribution >= 0.6 is 0 Å². The van der Waals surface area contributed by atoms with E-state index in [1.807, 2.05) is 4.90 Å². The summed E-state index contributed by atoms with van der Waals surface area (Å²) in [5, 5.41) is 0. The highest BCUT2D eigenvalue weighted by molar-refractivity contribution is 7.89. The van der Waals surface area contributed by atoms with Crippen molar-refractivity contribution in [3.8, 4) is 0 Å². The van der Waals surface area contributed by atoms with E-state index >= 15 is 0 Å². The monoisotopic (exact) mass is 362 g/mol. The van der Waals surface area contributed by atoms with Crippen molar-refractivity contribution in [3.05, 3.63) is 29.8 Å². The highest BCUT2D eigenvalue weighted by Gasteiger charge is 2.36. The number of nitrogens with zero attached hydrogens (tertiary/aromatic N) is 1. The number of likely N-dealkylation sites (tertiary alicyclic amines) is 1. The SMILES string of the molecule is O=C(c1cccc(S(=O)(=O)NC2CC2)c1)N1CCC[C@@H]2CCCC[C@H]21. The standard InChI is InChI=1S/C19H26N2O3S/c22-19(21-12-4-7-14-5-1-2-9-18(14)21)15-6-3-8-17(13-15)25(23,24)20-16-10-11-16/h3,6,8,13-14,16,18,20H,1-2,4-5,7,9-12H2/t14-,18+/m0/s1. The minimum atomic E-state index is -3.53. The van der Waals surface area contributed by atoms with E-state index < -0.39 is 10.0 Å². The number of amides is 1. The summed E-state index contributed by atoms with van der Waals surface area (Å²) >= 11 is 0. The van der Waals surface area contributed by atoms with E-state index in [-0.39, 0.29) is 16.8 Å². The van der Waals surface area contributed by atoms with E-state index in [1.54, 1.807) is 24.3 Å². The van der Waals surface area contributed by atoms with Crippen molar-refractivity contribution in [3.63, 3.8) is 0 Å². The molecular weight excluding hydrogens is 336 g/mol. The predicted molar refractivity (Wildman–Crippen MR) is 95.8 cm³/mol. The van der Waals surface area contributed by atoms with Gasteiger partial charge in [-0.25, -0.2) is 13.1 Å². The molecule has 6 heteroatoms. The van der Waals surface area contributed by atoms with E-state index in [0.717, 1.165) is 32.2 Å². The Morgan fingerprint density at radius 3 is 2.60 bits per heavy atom. The molecule has 0 spiro atoms. The van der Waals surface area contributed by atoms with Crippen molar-refractivity contribution in [1.82, 2.24) is 9.62 Å². The molecule has 1 N–H and O–H groups in total. The first-order valence-electron chi connectivity index (χ1n) is 9.48. The molecule has 1 heterocycles. The zero-order chi connectivity index (χ0) is 17.4. The van der Waals surface area contributed by atoms with Crippen molar-refractivity contribution < 1.29 is 13.2 Å². The van der Waals surface area contributed by atoms with Crippen LogP contribution in [-0.4, -0.2) is 37.9 Å². The molecule has 1 amide bonds. The molecule has 25 heavy (non-hydrogen) atoms. The van der Waals surface area contributed by atoms with Gasteiger partial charge in [-0.15, -0.1) is 0 Å². The minimum absolute atomic E-state index is 0.0138. The zero-order valence-corrected chi connectivity index (χ0v) is 15.3. The third-order valence-electron chi connectivity index (χ3n) is 5.79. The Labute approximate surface area is 149 Å². The Morgan fingerprint density at radius 2 is 1.80 bits per heavy atom. The predicted octanol–water partition coefficient (Wildman–Crippen LogP) is 2.92. The van der Waals surface area contributed by atoms with Crippen molar-refractivity contribution in [2.75, 3.05) is 6.54 Å². The fourth-order valence-electron chi connectivity index (χ4n) is 4.33. The van der Waals surface area contributed by atoms with Gasteiger partial charge < -0.3 is 4.90 Å². The molecule has 5 nitrogen and oxygen atoms in total. The molecule has 2 atom stereocenters. The van der Waals surface area contributed by atoms with Crippen molar-refractivity contribution in [1.29, 1.82) is 0 Å². The molecule has 2 aliphatic carbocycles. The maximum absolute atomic E-state index is 13.1. The maximum atomic E-state index is 13.1. The molecule has 4 rings (SSSR count). The quantitative estimate of drug-likeness (QED) is 0.895. The van der Waals surface area contributed by atoms with E-state index in [1.165, 1.54) is 25.7 Å². The lowest BCUT2D eigenvalue weighted by molar-refractivity contribution is 0.0390. The maximum Gasteiger partial charge on any atom is 0.254 e. The fraction of sp³-hybridized carbons (Fsp3) is 0.632. The molecule has 136 valence electrons. The molecule has 1 aromatic rings. The van der Waals surface area contributed by atoms with Crippen LogP contribution in [0.2, 0.25) is 0 Å². The van der Waals surface area contributed by atoms with Crippen LogP contribution in [0.5, 0.6) is 0 Å². The van der Waals surface area contributed by atoms with Crippen molar-refractivity contribution in [2.24, 2.45) is 5.92 Å². The Hall–Kier alpha value is -1.40. The lowest BCUT2D eigenvalue weighted by atomic mass is 9.78. The second-order valence-electron chi connectivity index (χ2n) is 7.68. The number of hydrogen-bond acceptors (Lipinski definition) is 3. The topological polar surface area (TPSA) is 66.5 Å². The summed E-state index contributed by atoms with van der Waals surface area (Å²) in [6.07, 6.45) is 8.81. The summed E-state index contributed by atoms with van der Waals surface area (Å²) in [6.45, 7) is 0.789. The van der Waals surface area contributed by atoms with Gasteiger partial charge in [-0.2, -0.15) is 0 Å². The fourth-order valence-corrected chi connectivity index (χ4v) is 5.68. The van der Waals surface area contributed by atoms with Crippen LogP contribution in [0.25, 0.3) is 0 Å². The van der Waals surface area contributed by atoms with E-state index in [4.69, 9.17) is 0 Å². The second-order valence-corrected chi connectivity index (χ2v) is 9.39. The van der Waals surface area contributed by atoms with Gasteiger partial charge in [0.1, 0.15) is 0 Å². The van der Waals surface area contributed by atoms with Gasteiger partial charge >= 0.3 is 0 Å². The Balaban J connectivity index is 1.56. The molecule has 0 radical (unpaired) electrons. The molecule has 3 aliphatic rings. The van der Waals surface area contributed by atoms with Gasteiger partial charge in [-0.3, -0.25) is 4.79 Å². The van der Waals surface area contributed by atoms with Gasteiger partial charge in [-0.1, -0.05) is 18.9 Å². The molecule has 0 unspecified atom stereocenters. The first-order valence-corrected chi connectivity index (χ1v) is 11.0. The number of rotatable bonds is 4. The average molecular weight is 362 g/mol. The van der Waals surface area contributed by atoms with Gasteiger partial charge in [0.2, 0.25) is 10.0 Å². The van der Waals surface area contributed by atoms with Gasteiger partial charge in [0.05, 0.1) is 4.90 Å². The number of nitrogens with one attached hydrogen (secondary N) is 1. The minimum Gasteiger partial charge on any atom is -0.335 e. The molecular formula is C19H26N2O3S. The smallest absolute Gasteiger partial charge is 0.254 e. The number of carbonyl (C=O) groups is 1. The summed E-state index contributed by atoms with van der Waals surface area (Å²) in [6, 6.07) is 6.93. The number of fused-ring (bicyclic) bond motifs is 1. The van der Waals surface area contributed by atoms with Gasteiger partial charge in [-0.05, 0) is 62.6 Å². The summed E-state index contributed by atoms with van der Waals surface area (Å²) in [5.74, 6) is 0.606. The van der Waals surface area contributed by atoms with Crippen LogP contribution in [0.15, 0.2) is 29.2 Å². The van der Waals surface area contributed by atoms with Crippen LogP contribution in [0.3, 0.4) is 0 Å². The number of hydrogen-bond donors (Lipinski definition) is 1. The summed E-state index contributed by atoms with van der Waals surface area (Å²) in [5.41, 5.74) is 0.491. The number of sulfonamides is 1. The largest absolute Gasteiger partial charge is 0.335 e. The molecule has 3 fully saturated rings. The van der Waals surface area contributed by atoms with Gasteiger partial charge in [0.15, 0.2) is 0 Å². The lowest BCUT2D eigenvalue weighted by Gasteiger charge is -2.44. The Bertz CT molecular complexity index is 756. The normalized spacial score (nSPS) is 27.0. The lowest BCUT2D eigenvalue weighted by Crippen LogP contribution is -2.49. The Morgan fingerprint density at radius 1 is 1.04 bits per heavy atom.